The van der Waals surface area contributed by atoms with Crippen LogP contribution < -0.4 is 5.32 Å². The number of amides is 2. The van der Waals surface area contributed by atoms with Gasteiger partial charge in [-0.05, 0) is 26.0 Å². The van der Waals surface area contributed by atoms with E-state index in [9.17, 15) is 9.59 Å². The molecule has 2 aromatic rings. The van der Waals surface area contributed by atoms with Crippen molar-refractivity contribution < 1.29 is 19.1 Å². The first-order chi connectivity index (χ1) is 10.9. The van der Waals surface area contributed by atoms with Gasteiger partial charge in [0.05, 0.1) is 12.7 Å². The van der Waals surface area contributed by atoms with E-state index in [0.29, 0.717) is 17.3 Å². The van der Waals surface area contributed by atoms with Crippen molar-refractivity contribution in [1.82, 2.24) is 14.7 Å². The van der Waals surface area contributed by atoms with Crippen LogP contribution in [0, 0.1) is 0 Å². The first kappa shape index (κ1) is 16.6. The minimum absolute atomic E-state index is 0.0401. The maximum absolute atomic E-state index is 12.2. The summed E-state index contributed by atoms with van der Waals surface area (Å²) in [5.74, 6) is 0.190. The second kappa shape index (κ2) is 6.99. The Morgan fingerprint density at radius 3 is 2.78 bits per heavy atom. The number of aromatic nitrogens is 2. The lowest BCUT2D eigenvalue weighted by atomic mass is 10.3. The monoisotopic (exact) mass is 320 g/mol. The molecule has 8 nitrogen and oxygen atoms in total. The molecule has 2 rings (SSSR count). The van der Waals surface area contributed by atoms with Crippen molar-refractivity contribution in [2.45, 2.75) is 26.3 Å². The summed E-state index contributed by atoms with van der Waals surface area (Å²) in [5.41, 5.74) is 0.618. The molecule has 124 valence electrons. The van der Waals surface area contributed by atoms with E-state index >= 15 is 0 Å². The number of hydrogen-bond donors (Lipinski definition) is 2. The van der Waals surface area contributed by atoms with E-state index in [2.05, 4.69) is 10.4 Å². The first-order valence-electron chi connectivity index (χ1n) is 7.26. The van der Waals surface area contributed by atoms with Gasteiger partial charge in [0.2, 0.25) is 0 Å². The quantitative estimate of drug-likeness (QED) is 0.852. The second-order valence-electron chi connectivity index (χ2n) is 5.43. The SMILES string of the molecule is CC(C)n1nc(-c2ccco2)cc1NC(=O)N(C)CCC(=O)O. The van der Waals surface area contributed by atoms with Gasteiger partial charge in [-0.3, -0.25) is 10.1 Å². The fourth-order valence-corrected chi connectivity index (χ4v) is 2.00. The fourth-order valence-electron chi connectivity index (χ4n) is 2.00. The Hall–Kier alpha value is -2.77. The molecule has 0 aromatic carbocycles. The number of furan rings is 1. The van der Waals surface area contributed by atoms with Gasteiger partial charge in [-0.25, -0.2) is 9.48 Å². The number of carbonyl (C=O) groups is 2. The first-order valence-corrected chi connectivity index (χ1v) is 7.26. The lowest BCUT2D eigenvalue weighted by Gasteiger charge is -2.18. The topological polar surface area (TPSA) is 101 Å². The number of carboxylic acid groups (broad SMARTS) is 1. The summed E-state index contributed by atoms with van der Waals surface area (Å²) in [5, 5.41) is 15.9. The van der Waals surface area contributed by atoms with Gasteiger partial charge in [-0.2, -0.15) is 5.10 Å². The summed E-state index contributed by atoms with van der Waals surface area (Å²) in [6.45, 7) is 4.02. The lowest BCUT2D eigenvalue weighted by Crippen LogP contribution is -2.33. The molecule has 2 amide bonds. The number of nitrogens with zero attached hydrogens (tertiary/aromatic N) is 3. The van der Waals surface area contributed by atoms with Crippen molar-refractivity contribution in [3.8, 4) is 11.5 Å². The van der Waals surface area contributed by atoms with Gasteiger partial charge in [0.1, 0.15) is 11.5 Å². The zero-order valence-electron chi connectivity index (χ0n) is 13.3. The Labute approximate surface area is 133 Å². The summed E-state index contributed by atoms with van der Waals surface area (Å²) >= 11 is 0. The van der Waals surface area contributed by atoms with E-state index in [1.807, 2.05) is 13.8 Å². The van der Waals surface area contributed by atoms with Crippen molar-refractivity contribution in [1.29, 1.82) is 0 Å². The smallest absolute Gasteiger partial charge is 0.322 e. The molecule has 0 saturated heterocycles. The van der Waals surface area contributed by atoms with Crippen LogP contribution in [0.25, 0.3) is 11.5 Å². The molecule has 0 aliphatic rings. The van der Waals surface area contributed by atoms with Crippen LogP contribution in [-0.4, -0.2) is 45.4 Å². The largest absolute Gasteiger partial charge is 0.481 e. The third-order valence-electron chi connectivity index (χ3n) is 3.24. The van der Waals surface area contributed by atoms with Crippen molar-refractivity contribution in [3.05, 3.63) is 24.5 Å². The summed E-state index contributed by atoms with van der Waals surface area (Å²) < 4.78 is 7.00. The van der Waals surface area contributed by atoms with Crippen LogP contribution in [0.5, 0.6) is 0 Å². The predicted octanol–water partition coefficient (Wildman–Crippen LogP) is 2.66. The maximum atomic E-state index is 12.2. The Balaban J connectivity index is 2.15. The van der Waals surface area contributed by atoms with Gasteiger partial charge in [-0.1, -0.05) is 0 Å². The number of hydrogen-bond acceptors (Lipinski definition) is 4. The average molecular weight is 320 g/mol. The van der Waals surface area contributed by atoms with Crippen molar-refractivity contribution in [2.75, 3.05) is 18.9 Å². The summed E-state index contributed by atoms with van der Waals surface area (Å²) in [4.78, 5) is 24.1. The fraction of sp³-hybridized carbons (Fsp3) is 0.400. The van der Waals surface area contributed by atoms with Crippen LogP contribution in [0.2, 0.25) is 0 Å². The van der Waals surface area contributed by atoms with Gasteiger partial charge in [-0.15, -0.1) is 0 Å². The van der Waals surface area contributed by atoms with E-state index in [1.54, 1.807) is 36.2 Å². The molecule has 2 aromatic heterocycles. The number of nitrogens with one attached hydrogen (secondary N) is 1. The molecule has 0 aliphatic carbocycles. The molecule has 2 N–H and O–H groups in total. The molecule has 0 fully saturated rings. The predicted molar refractivity (Wildman–Crippen MR) is 84.2 cm³/mol. The van der Waals surface area contributed by atoms with Crippen LogP contribution in [-0.2, 0) is 4.79 Å². The Bertz CT molecular complexity index is 676. The van der Waals surface area contributed by atoms with E-state index in [1.165, 1.54) is 4.90 Å². The molecule has 8 heteroatoms. The zero-order valence-corrected chi connectivity index (χ0v) is 13.3. The van der Waals surface area contributed by atoms with Crippen molar-refractivity contribution in [3.63, 3.8) is 0 Å². The summed E-state index contributed by atoms with van der Waals surface area (Å²) in [7, 11) is 1.54. The van der Waals surface area contributed by atoms with E-state index in [0.717, 1.165) is 0 Å². The molecule has 0 unspecified atom stereocenters. The number of urea groups is 1. The van der Waals surface area contributed by atoms with Crippen LogP contribution in [0.15, 0.2) is 28.9 Å². The highest BCUT2D eigenvalue weighted by Gasteiger charge is 2.17. The minimum atomic E-state index is -0.947. The molecule has 0 saturated carbocycles. The molecular weight excluding hydrogens is 300 g/mol. The highest BCUT2D eigenvalue weighted by molar-refractivity contribution is 5.89. The summed E-state index contributed by atoms with van der Waals surface area (Å²) in [6.07, 6.45) is 1.45. The third-order valence-corrected chi connectivity index (χ3v) is 3.24. The molecule has 0 atom stereocenters. The van der Waals surface area contributed by atoms with Gasteiger partial charge < -0.3 is 14.4 Å². The number of aliphatic carboxylic acids is 1. The molecule has 2 heterocycles. The Morgan fingerprint density at radius 1 is 1.48 bits per heavy atom. The number of rotatable bonds is 6. The normalized spacial score (nSPS) is 10.8. The zero-order chi connectivity index (χ0) is 17.0. The lowest BCUT2D eigenvalue weighted by molar-refractivity contribution is -0.137. The molecule has 0 spiro atoms. The standard InChI is InChI=1S/C15H20N4O4/c1-10(2)19-13(9-11(17-19)12-5-4-8-23-12)16-15(22)18(3)7-6-14(20)21/h4-5,8-10H,6-7H2,1-3H3,(H,16,22)(H,20,21). The number of carbonyl (C=O) groups excluding carboxylic acids is 1. The Kier molecular flexibility index (Phi) is 5.05. The van der Waals surface area contributed by atoms with E-state index in [4.69, 9.17) is 9.52 Å². The Morgan fingerprint density at radius 2 is 2.22 bits per heavy atom. The molecule has 23 heavy (non-hydrogen) atoms. The second-order valence-corrected chi connectivity index (χ2v) is 5.43. The molecule has 0 bridgehead atoms. The van der Waals surface area contributed by atoms with Crippen LogP contribution in [0.4, 0.5) is 10.6 Å². The molecule has 0 aliphatic heterocycles. The summed E-state index contributed by atoms with van der Waals surface area (Å²) in [6, 6.07) is 4.93. The van der Waals surface area contributed by atoms with Crippen molar-refractivity contribution in [2.24, 2.45) is 0 Å². The van der Waals surface area contributed by atoms with Crippen LogP contribution in [0.3, 0.4) is 0 Å². The van der Waals surface area contributed by atoms with Gasteiger partial charge in [0.25, 0.3) is 0 Å². The van der Waals surface area contributed by atoms with Gasteiger partial charge >= 0.3 is 12.0 Å². The number of carboxylic acids is 1. The highest BCUT2D eigenvalue weighted by Crippen LogP contribution is 2.25. The van der Waals surface area contributed by atoms with Crippen LogP contribution in [0.1, 0.15) is 26.3 Å². The number of anilines is 1. The van der Waals surface area contributed by atoms with E-state index < -0.39 is 5.97 Å². The molecule has 0 radical (unpaired) electrons. The highest BCUT2D eigenvalue weighted by atomic mass is 16.4. The van der Waals surface area contributed by atoms with Gasteiger partial charge in [0.15, 0.2) is 5.76 Å². The minimum Gasteiger partial charge on any atom is -0.481 e. The average Bonchev–Trinajstić information content (AvgIpc) is 3.13. The van der Waals surface area contributed by atoms with Crippen LogP contribution >= 0.6 is 0 Å². The maximum Gasteiger partial charge on any atom is 0.322 e. The third kappa shape index (κ3) is 4.12. The van der Waals surface area contributed by atoms with Crippen molar-refractivity contribution >= 4 is 17.8 Å². The molecular formula is C15H20N4O4. The van der Waals surface area contributed by atoms with E-state index in [-0.39, 0.29) is 25.0 Å². The van der Waals surface area contributed by atoms with Gasteiger partial charge in [0, 0.05) is 25.7 Å².